The Morgan fingerprint density at radius 1 is 1.36 bits per heavy atom. The zero-order valence-electron chi connectivity index (χ0n) is 14.8. The molecule has 2 aromatic heterocycles. The molecule has 2 atom stereocenters. The maximum Gasteiger partial charge on any atom is 0.254 e. The van der Waals surface area contributed by atoms with Gasteiger partial charge in [0, 0.05) is 18.8 Å². The third-order valence-corrected chi connectivity index (χ3v) is 8.66. The van der Waals surface area contributed by atoms with Gasteiger partial charge in [-0.05, 0) is 31.5 Å². The Hall–Kier alpha value is -1.95. The Bertz CT molecular complexity index is 1130. The zero-order chi connectivity index (χ0) is 19.9. The van der Waals surface area contributed by atoms with Crippen LogP contribution in [0.1, 0.15) is 11.4 Å². The van der Waals surface area contributed by atoms with Crippen molar-refractivity contribution in [2.24, 2.45) is 5.92 Å². The number of nitrogens with zero attached hydrogens (tertiary/aromatic N) is 3. The van der Waals surface area contributed by atoms with Crippen molar-refractivity contribution in [3.8, 4) is 0 Å². The molecule has 11 heteroatoms. The van der Waals surface area contributed by atoms with Crippen LogP contribution in [0, 0.1) is 12.8 Å². The van der Waals surface area contributed by atoms with E-state index in [9.17, 15) is 17.6 Å². The normalized spacial score (nSPS) is 21.1. The fourth-order valence-corrected chi connectivity index (χ4v) is 6.53. The molecule has 0 radical (unpaired) electrons. The van der Waals surface area contributed by atoms with Crippen LogP contribution in [0.5, 0.6) is 0 Å². The second-order valence-electron chi connectivity index (χ2n) is 6.50. The zero-order valence-corrected chi connectivity index (χ0v) is 17.3. The maximum absolute atomic E-state index is 14.7. The minimum Gasteiger partial charge on any atom is -0.326 e. The second kappa shape index (κ2) is 7.47. The van der Waals surface area contributed by atoms with Crippen molar-refractivity contribution in [2.75, 3.05) is 18.4 Å². The summed E-state index contributed by atoms with van der Waals surface area (Å²) in [6.45, 7) is 1.45. The minimum absolute atomic E-state index is 0.0862. The summed E-state index contributed by atoms with van der Waals surface area (Å²) in [7, 11) is -3.79. The highest BCUT2D eigenvalue weighted by Crippen LogP contribution is 2.29. The molecule has 3 aromatic rings. The van der Waals surface area contributed by atoms with E-state index in [0.29, 0.717) is 10.7 Å². The summed E-state index contributed by atoms with van der Waals surface area (Å²) in [4.78, 5) is 20.7. The van der Waals surface area contributed by atoms with Crippen LogP contribution in [0.15, 0.2) is 34.1 Å². The lowest BCUT2D eigenvalue weighted by atomic mass is 9.95. The highest BCUT2D eigenvalue weighted by molar-refractivity contribution is 7.91. The first kappa shape index (κ1) is 19.4. The molecule has 1 amide bonds. The number of aromatic nitrogens is 2. The van der Waals surface area contributed by atoms with Gasteiger partial charge in [0.05, 0.1) is 32.8 Å². The number of nitrogens with one attached hydrogen (secondary N) is 1. The Morgan fingerprint density at radius 2 is 2.18 bits per heavy atom. The van der Waals surface area contributed by atoms with Gasteiger partial charge in [-0.3, -0.25) is 4.79 Å². The summed E-state index contributed by atoms with van der Waals surface area (Å²) < 4.78 is 42.2. The molecule has 0 spiro atoms. The Kier molecular flexibility index (Phi) is 5.17. The van der Waals surface area contributed by atoms with Crippen molar-refractivity contribution < 1.29 is 17.6 Å². The number of alkyl halides is 1. The van der Waals surface area contributed by atoms with Crippen LogP contribution in [0.2, 0.25) is 0 Å². The molecule has 3 heterocycles. The monoisotopic (exact) mass is 440 g/mol. The van der Waals surface area contributed by atoms with Gasteiger partial charge in [0.25, 0.3) is 10.0 Å². The molecule has 7 nitrogen and oxygen atoms in total. The molecule has 1 fully saturated rings. The van der Waals surface area contributed by atoms with Crippen LogP contribution < -0.4 is 5.32 Å². The molecule has 0 bridgehead atoms. The van der Waals surface area contributed by atoms with Crippen molar-refractivity contribution in [1.82, 2.24) is 14.3 Å². The Morgan fingerprint density at radius 3 is 2.89 bits per heavy atom. The summed E-state index contributed by atoms with van der Waals surface area (Å²) in [6.07, 6.45) is -0.181. The van der Waals surface area contributed by atoms with E-state index in [-0.39, 0.29) is 23.7 Å². The minimum atomic E-state index is -3.79. The smallest absolute Gasteiger partial charge is 0.254 e. The maximum atomic E-state index is 14.7. The number of piperidine rings is 1. The Labute approximate surface area is 169 Å². The third-order valence-electron chi connectivity index (χ3n) is 4.63. The number of anilines is 1. The molecule has 4 rings (SSSR count). The van der Waals surface area contributed by atoms with Crippen LogP contribution in [0.25, 0.3) is 10.2 Å². The van der Waals surface area contributed by atoms with E-state index in [1.165, 1.54) is 17.5 Å². The predicted molar refractivity (Wildman–Crippen MR) is 107 cm³/mol. The predicted octanol–water partition coefficient (Wildman–Crippen LogP) is 3.05. The highest BCUT2D eigenvalue weighted by atomic mass is 32.2. The van der Waals surface area contributed by atoms with Gasteiger partial charge < -0.3 is 5.32 Å². The molecule has 1 aliphatic heterocycles. The first-order valence-electron chi connectivity index (χ1n) is 8.55. The van der Waals surface area contributed by atoms with Gasteiger partial charge in [-0.15, -0.1) is 22.7 Å². The average molecular weight is 441 g/mol. The number of fused-ring (bicyclic) bond motifs is 1. The molecular formula is C17H17FN4O3S3. The van der Waals surface area contributed by atoms with Crippen LogP contribution in [-0.4, -0.2) is 47.9 Å². The molecular weight excluding hydrogens is 423 g/mol. The average Bonchev–Trinajstić information content (AvgIpc) is 3.30. The van der Waals surface area contributed by atoms with Gasteiger partial charge in [0.15, 0.2) is 4.21 Å². The SMILES string of the molecule is Cc1ncc(S(=O)(=O)N2CC[C@@H](C(=O)Nc3ccc4scnc4c3)[C@H](F)C2)s1. The number of rotatable bonds is 4. The Balaban J connectivity index is 1.44. The van der Waals surface area contributed by atoms with Crippen LogP contribution in [-0.2, 0) is 14.8 Å². The van der Waals surface area contributed by atoms with E-state index in [0.717, 1.165) is 25.9 Å². The highest BCUT2D eigenvalue weighted by Gasteiger charge is 2.39. The topological polar surface area (TPSA) is 92.3 Å². The van der Waals surface area contributed by atoms with Crippen LogP contribution >= 0.6 is 22.7 Å². The molecule has 0 unspecified atom stereocenters. The van der Waals surface area contributed by atoms with Crippen molar-refractivity contribution in [1.29, 1.82) is 0 Å². The molecule has 1 N–H and O–H groups in total. The number of amides is 1. The lowest BCUT2D eigenvalue weighted by molar-refractivity contribution is -0.123. The summed E-state index contributed by atoms with van der Waals surface area (Å²) in [6, 6.07) is 5.34. The van der Waals surface area contributed by atoms with E-state index in [2.05, 4.69) is 15.3 Å². The number of sulfonamides is 1. The second-order valence-corrected chi connectivity index (χ2v) is 10.8. The number of aryl methyl sites for hydroxylation is 1. The molecule has 0 aliphatic carbocycles. The van der Waals surface area contributed by atoms with E-state index >= 15 is 0 Å². The summed E-state index contributed by atoms with van der Waals surface area (Å²) in [5.41, 5.74) is 3.03. The van der Waals surface area contributed by atoms with Gasteiger partial charge in [0.1, 0.15) is 6.17 Å². The van der Waals surface area contributed by atoms with Crippen molar-refractivity contribution in [3.05, 3.63) is 34.9 Å². The van der Waals surface area contributed by atoms with Gasteiger partial charge in [-0.2, -0.15) is 4.31 Å². The molecule has 0 saturated carbocycles. The number of hydrogen-bond acceptors (Lipinski definition) is 7. The van der Waals surface area contributed by atoms with E-state index in [1.54, 1.807) is 24.6 Å². The molecule has 148 valence electrons. The fourth-order valence-electron chi connectivity index (χ4n) is 3.15. The van der Waals surface area contributed by atoms with Crippen molar-refractivity contribution in [3.63, 3.8) is 0 Å². The van der Waals surface area contributed by atoms with Crippen LogP contribution in [0.3, 0.4) is 0 Å². The van der Waals surface area contributed by atoms with Crippen molar-refractivity contribution in [2.45, 2.75) is 23.7 Å². The summed E-state index contributed by atoms with van der Waals surface area (Å²) in [5.74, 6) is -1.35. The largest absolute Gasteiger partial charge is 0.326 e. The molecule has 1 aliphatic rings. The number of carbonyl (C=O) groups excluding carboxylic acids is 1. The van der Waals surface area contributed by atoms with Crippen molar-refractivity contribution >= 4 is 54.5 Å². The fraction of sp³-hybridized carbons (Fsp3) is 0.353. The third kappa shape index (κ3) is 3.66. The number of thiazole rings is 2. The molecule has 1 aromatic carbocycles. The quantitative estimate of drug-likeness (QED) is 0.673. The first-order chi connectivity index (χ1) is 13.3. The molecule has 28 heavy (non-hydrogen) atoms. The van der Waals surface area contributed by atoms with Gasteiger partial charge in [-0.1, -0.05) is 0 Å². The van der Waals surface area contributed by atoms with Crippen LogP contribution in [0.4, 0.5) is 10.1 Å². The number of carbonyl (C=O) groups is 1. The number of hydrogen-bond donors (Lipinski definition) is 1. The number of benzene rings is 1. The van der Waals surface area contributed by atoms with Gasteiger partial charge in [0.2, 0.25) is 5.91 Å². The standard InChI is InChI=1S/C17H17FN4O3S3/c1-10-19-7-16(27-10)28(24,25)22-5-4-12(13(18)8-22)17(23)21-11-2-3-15-14(6-11)20-9-26-15/h2-3,6-7,9,12-13H,4-5,8H2,1H3,(H,21,23)/t12-,13-/m1/s1. The summed E-state index contributed by atoms with van der Waals surface area (Å²) >= 11 is 2.55. The lowest BCUT2D eigenvalue weighted by Crippen LogP contribution is -2.48. The van der Waals surface area contributed by atoms with E-state index in [1.807, 2.05) is 6.07 Å². The number of halogens is 1. The van der Waals surface area contributed by atoms with E-state index < -0.39 is 28.0 Å². The van der Waals surface area contributed by atoms with Gasteiger partial charge in [-0.25, -0.2) is 22.8 Å². The molecule has 1 saturated heterocycles. The summed E-state index contributed by atoms with van der Waals surface area (Å²) in [5, 5.41) is 3.35. The first-order valence-corrected chi connectivity index (χ1v) is 11.7. The van der Waals surface area contributed by atoms with E-state index in [4.69, 9.17) is 0 Å². The lowest BCUT2D eigenvalue weighted by Gasteiger charge is -2.32. The van der Waals surface area contributed by atoms with Gasteiger partial charge >= 0.3 is 0 Å².